The molecule has 24 heavy (non-hydrogen) atoms. The van der Waals surface area contributed by atoms with Gasteiger partial charge in [-0.15, -0.1) is 0 Å². The normalized spacial score (nSPS) is 21.0. The van der Waals surface area contributed by atoms with E-state index in [1.807, 2.05) is 0 Å². The number of aromatic amines is 1. The first-order valence-electron chi connectivity index (χ1n) is 8.19. The van der Waals surface area contributed by atoms with Gasteiger partial charge in [-0.2, -0.15) is 8.78 Å². The number of thioether (sulfide) groups is 1. The maximum absolute atomic E-state index is 12.3. The van der Waals surface area contributed by atoms with Crippen LogP contribution in [0.2, 0.25) is 0 Å². The van der Waals surface area contributed by atoms with Crippen LogP contribution in [0.5, 0.6) is 0 Å². The third-order valence-corrected chi connectivity index (χ3v) is 4.98. The molecule has 0 bridgehead atoms. The van der Waals surface area contributed by atoms with Gasteiger partial charge in [-0.1, -0.05) is 6.92 Å². The molecule has 1 saturated carbocycles. The largest absolute Gasteiger partial charge is 0.353 e. The minimum absolute atomic E-state index is 0.0839. The van der Waals surface area contributed by atoms with E-state index in [1.54, 1.807) is 6.92 Å². The van der Waals surface area contributed by atoms with Crippen LogP contribution in [0.15, 0.2) is 9.95 Å². The summed E-state index contributed by atoms with van der Waals surface area (Å²) in [6.07, 6.45) is 4.68. The Balaban J connectivity index is 1.89. The molecule has 1 aromatic rings. The number of halogens is 2. The molecule has 0 unspecified atom stereocenters. The molecule has 1 aromatic heterocycles. The molecule has 2 N–H and O–H groups in total. The lowest BCUT2D eigenvalue weighted by Crippen LogP contribution is -2.37. The van der Waals surface area contributed by atoms with Crippen LogP contribution in [-0.4, -0.2) is 27.7 Å². The highest BCUT2D eigenvalue weighted by Gasteiger charge is 2.20. The van der Waals surface area contributed by atoms with E-state index in [0.717, 1.165) is 31.6 Å². The number of carbonyl (C=O) groups excluding carboxylic acids is 1. The predicted octanol–water partition coefficient (Wildman–Crippen LogP) is 3.02. The lowest BCUT2D eigenvalue weighted by Gasteiger charge is -2.26. The highest BCUT2D eigenvalue weighted by molar-refractivity contribution is 7.99. The molecule has 0 saturated heterocycles. The molecule has 134 valence electrons. The monoisotopic (exact) mass is 359 g/mol. The van der Waals surface area contributed by atoms with Crippen LogP contribution in [0.25, 0.3) is 0 Å². The van der Waals surface area contributed by atoms with E-state index >= 15 is 0 Å². The zero-order valence-corrected chi connectivity index (χ0v) is 14.7. The quantitative estimate of drug-likeness (QED) is 0.605. The zero-order chi connectivity index (χ0) is 17.7. The Labute approximate surface area is 144 Å². The minimum atomic E-state index is -2.64. The molecule has 1 aliphatic carbocycles. The Morgan fingerprint density at radius 2 is 2.04 bits per heavy atom. The van der Waals surface area contributed by atoms with Crippen molar-refractivity contribution >= 4 is 17.7 Å². The molecular weight excluding hydrogens is 336 g/mol. The van der Waals surface area contributed by atoms with Gasteiger partial charge in [0.1, 0.15) is 0 Å². The summed E-state index contributed by atoms with van der Waals surface area (Å²) in [5.41, 5.74) is 0.312. The summed E-state index contributed by atoms with van der Waals surface area (Å²) in [7, 11) is 0. The van der Waals surface area contributed by atoms with E-state index in [-0.39, 0.29) is 41.7 Å². The van der Waals surface area contributed by atoms with Crippen LogP contribution < -0.4 is 10.9 Å². The molecule has 0 spiro atoms. The molecule has 1 heterocycles. The number of alkyl halides is 2. The second-order valence-corrected chi connectivity index (χ2v) is 7.32. The Morgan fingerprint density at radius 3 is 2.62 bits per heavy atom. The number of nitrogens with one attached hydrogen (secondary N) is 2. The fourth-order valence-electron chi connectivity index (χ4n) is 2.96. The molecule has 1 amide bonds. The van der Waals surface area contributed by atoms with Crippen LogP contribution in [0.3, 0.4) is 0 Å². The van der Waals surface area contributed by atoms with E-state index in [1.165, 1.54) is 0 Å². The van der Waals surface area contributed by atoms with Crippen molar-refractivity contribution in [2.24, 2.45) is 5.92 Å². The van der Waals surface area contributed by atoms with Crippen LogP contribution in [-0.2, 0) is 11.2 Å². The molecule has 8 heteroatoms. The molecule has 2 rings (SSSR count). The fourth-order valence-corrected chi connectivity index (χ4v) is 3.47. The first-order chi connectivity index (χ1) is 11.3. The summed E-state index contributed by atoms with van der Waals surface area (Å²) >= 11 is 0.204. The second-order valence-electron chi connectivity index (χ2n) is 6.34. The number of amides is 1. The van der Waals surface area contributed by atoms with Gasteiger partial charge in [0.15, 0.2) is 5.16 Å². The van der Waals surface area contributed by atoms with Gasteiger partial charge in [-0.05, 0) is 56.7 Å². The maximum atomic E-state index is 12.3. The van der Waals surface area contributed by atoms with Gasteiger partial charge in [-0.25, -0.2) is 4.98 Å². The highest BCUT2D eigenvalue weighted by Crippen LogP contribution is 2.23. The molecule has 1 aliphatic rings. The van der Waals surface area contributed by atoms with Gasteiger partial charge in [0.2, 0.25) is 5.91 Å². The number of rotatable bonds is 6. The van der Waals surface area contributed by atoms with Gasteiger partial charge < -0.3 is 10.3 Å². The van der Waals surface area contributed by atoms with E-state index in [4.69, 9.17) is 0 Å². The van der Waals surface area contributed by atoms with E-state index < -0.39 is 11.3 Å². The SMILES string of the molecule is Cc1nc(SC(F)F)[nH]c(=O)c1CCC(=O)NC1CCC(C)CC1. The first-order valence-corrected chi connectivity index (χ1v) is 9.07. The molecule has 0 aliphatic heterocycles. The topological polar surface area (TPSA) is 74.8 Å². The lowest BCUT2D eigenvalue weighted by atomic mass is 9.87. The Bertz CT molecular complexity index is 628. The average Bonchev–Trinajstić information content (AvgIpc) is 2.48. The molecular formula is C16H23F2N3O2S. The summed E-state index contributed by atoms with van der Waals surface area (Å²) in [5.74, 6) is -2.00. The Morgan fingerprint density at radius 1 is 1.38 bits per heavy atom. The maximum Gasteiger partial charge on any atom is 0.291 e. The van der Waals surface area contributed by atoms with Gasteiger partial charge in [0.25, 0.3) is 11.3 Å². The highest BCUT2D eigenvalue weighted by atomic mass is 32.2. The molecule has 5 nitrogen and oxygen atoms in total. The Hall–Kier alpha value is -1.44. The number of hydrogen-bond acceptors (Lipinski definition) is 4. The van der Waals surface area contributed by atoms with Crippen LogP contribution in [0, 0.1) is 12.8 Å². The van der Waals surface area contributed by atoms with E-state index in [9.17, 15) is 18.4 Å². The third kappa shape index (κ3) is 5.58. The molecule has 0 radical (unpaired) electrons. The molecule has 0 atom stereocenters. The Kier molecular flexibility index (Phi) is 6.77. The molecule has 0 aromatic carbocycles. The number of aromatic nitrogens is 2. The smallest absolute Gasteiger partial charge is 0.291 e. The minimum Gasteiger partial charge on any atom is -0.353 e. The van der Waals surface area contributed by atoms with Crippen molar-refractivity contribution in [3.8, 4) is 0 Å². The number of hydrogen-bond donors (Lipinski definition) is 2. The molecule has 1 fully saturated rings. The van der Waals surface area contributed by atoms with E-state index in [0.29, 0.717) is 11.3 Å². The van der Waals surface area contributed by atoms with Gasteiger partial charge in [-0.3, -0.25) is 9.59 Å². The second kappa shape index (κ2) is 8.60. The third-order valence-electron chi connectivity index (χ3n) is 4.38. The summed E-state index contributed by atoms with van der Waals surface area (Å²) in [6.45, 7) is 3.82. The summed E-state index contributed by atoms with van der Waals surface area (Å²) in [5, 5.41) is 2.91. The number of nitrogens with zero attached hydrogens (tertiary/aromatic N) is 1. The van der Waals surface area contributed by atoms with Gasteiger partial charge in [0.05, 0.1) is 0 Å². The zero-order valence-electron chi connectivity index (χ0n) is 13.9. The predicted molar refractivity (Wildman–Crippen MR) is 89.3 cm³/mol. The van der Waals surface area contributed by atoms with Crippen LogP contribution in [0.1, 0.15) is 50.3 Å². The van der Waals surface area contributed by atoms with Crippen molar-refractivity contribution < 1.29 is 13.6 Å². The fraction of sp³-hybridized carbons (Fsp3) is 0.688. The average molecular weight is 359 g/mol. The number of carbonyl (C=O) groups is 1. The number of H-pyrrole nitrogens is 1. The number of aryl methyl sites for hydroxylation is 1. The van der Waals surface area contributed by atoms with Crippen molar-refractivity contribution in [2.75, 3.05) is 0 Å². The van der Waals surface area contributed by atoms with Gasteiger partial charge >= 0.3 is 0 Å². The summed E-state index contributed by atoms with van der Waals surface area (Å²) in [4.78, 5) is 30.4. The first kappa shape index (κ1) is 18.9. The van der Waals surface area contributed by atoms with Crippen molar-refractivity contribution in [3.05, 3.63) is 21.6 Å². The lowest BCUT2D eigenvalue weighted by molar-refractivity contribution is -0.122. The van der Waals surface area contributed by atoms with E-state index in [2.05, 4.69) is 22.2 Å². The van der Waals surface area contributed by atoms with Crippen molar-refractivity contribution in [1.29, 1.82) is 0 Å². The van der Waals surface area contributed by atoms with Crippen molar-refractivity contribution in [3.63, 3.8) is 0 Å². The van der Waals surface area contributed by atoms with Crippen LogP contribution >= 0.6 is 11.8 Å². The van der Waals surface area contributed by atoms with Gasteiger partial charge in [0, 0.05) is 23.7 Å². The van der Waals surface area contributed by atoms with Crippen molar-refractivity contribution in [2.45, 2.75) is 69.3 Å². The summed E-state index contributed by atoms with van der Waals surface area (Å²) in [6, 6.07) is 0.219. The van der Waals surface area contributed by atoms with Crippen molar-refractivity contribution in [1.82, 2.24) is 15.3 Å². The van der Waals surface area contributed by atoms with Crippen LogP contribution in [0.4, 0.5) is 8.78 Å². The summed E-state index contributed by atoms with van der Waals surface area (Å²) < 4.78 is 24.7. The standard InChI is InChI=1S/C16H23F2N3O2S/c1-9-3-5-11(6-4-9)20-13(22)8-7-12-10(2)19-16(21-14(12)23)24-15(17)18/h9,11,15H,3-8H2,1-2H3,(H,20,22)(H,19,21,23).